The molecule has 86 valence electrons. The van der Waals surface area contributed by atoms with Gasteiger partial charge in [-0.3, -0.25) is 4.79 Å². The molecular formula is C12H22N2O. The van der Waals surface area contributed by atoms with Crippen molar-refractivity contribution in [2.45, 2.75) is 38.6 Å². The Bertz CT molecular complexity index is 230. The molecular weight excluding hydrogens is 188 g/mol. The fourth-order valence-electron chi connectivity index (χ4n) is 2.85. The second-order valence-corrected chi connectivity index (χ2v) is 5.07. The molecule has 0 aromatic rings. The van der Waals surface area contributed by atoms with E-state index in [1.165, 1.54) is 25.7 Å². The number of rotatable bonds is 4. The van der Waals surface area contributed by atoms with Gasteiger partial charge in [-0.05, 0) is 38.6 Å². The highest BCUT2D eigenvalue weighted by molar-refractivity contribution is 5.82. The minimum Gasteiger partial charge on any atom is -0.354 e. The average Bonchev–Trinajstić information content (AvgIpc) is 2.99. The van der Waals surface area contributed by atoms with Gasteiger partial charge in [0.05, 0.1) is 0 Å². The van der Waals surface area contributed by atoms with Crippen LogP contribution in [0.2, 0.25) is 0 Å². The van der Waals surface area contributed by atoms with Crippen molar-refractivity contribution in [3.05, 3.63) is 0 Å². The van der Waals surface area contributed by atoms with E-state index < -0.39 is 0 Å². The van der Waals surface area contributed by atoms with Gasteiger partial charge in [-0.1, -0.05) is 12.8 Å². The lowest BCUT2D eigenvalue weighted by Gasteiger charge is -2.11. The molecule has 0 radical (unpaired) electrons. The third-order valence-electron chi connectivity index (χ3n) is 4.03. The highest BCUT2D eigenvalue weighted by Gasteiger charge is 2.54. The van der Waals surface area contributed by atoms with Gasteiger partial charge >= 0.3 is 0 Å². The molecule has 2 fully saturated rings. The Morgan fingerprint density at radius 3 is 2.47 bits per heavy atom. The Morgan fingerprint density at radius 2 is 1.93 bits per heavy atom. The van der Waals surface area contributed by atoms with Crippen LogP contribution in [0.4, 0.5) is 0 Å². The lowest BCUT2D eigenvalue weighted by molar-refractivity contribution is -0.122. The quantitative estimate of drug-likeness (QED) is 0.731. The number of carbonyl (C=O) groups is 1. The Balaban J connectivity index is 1.73. The summed E-state index contributed by atoms with van der Waals surface area (Å²) < 4.78 is 0. The largest absolute Gasteiger partial charge is 0.354 e. The first-order chi connectivity index (χ1) is 7.24. The van der Waals surface area contributed by atoms with Gasteiger partial charge in [0.15, 0.2) is 0 Å². The van der Waals surface area contributed by atoms with Crippen LogP contribution in [0, 0.1) is 17.8 Å². The van der Waals surface area contributed by atoms with Crippen LogP contribution in [0.15, 0.2) is 0 Å². The van der Waals surface area contributed by atoms with Crippen LogP contribution in [-0.4, -0.2) is 25.5 Å². The van der Waals surface area contributed by atoms with Gasteiger partial charge < -0.3 is 10.6 Å². The van der Waals surface area contributed by atoms with Crippen molar-refractivity contribution < 1.29 is 4.79 Å². The molecule has 15 heavy (non-hydrogen) atoms. The summed E-state index contributed by atoms with van der Waals surface area (Å²) in [7, 11) is 1.92. The molecule has 2 rings (SSSR count). The zero-order valence-electron chi connectivity index (χ0n) is 9.75. The van der Waals surface area contributed by atoms with Crippen LogP contribution in [-0.2, 0) is 4.79 Å². The van der Waals surface area contributed by atoms with Crippen molar-refractivity contribution in [1.29, 1.82) is 0 Å². The highest BCUT2D eigenvalue weighted by Crippen LogP contribution is 2.55. The van der Waals surface area contributed by atoms with Gasteiger partial charge in [0.1, 0.15) is 0 Å². The molecule has 2 aliphatic rings. The smallest absolute Gasteiger partial charge is 0.223 e. The lowest BCUT2D eigenvalue weighted by atomic mass is 10.0. The molecule has 0 aromatic carbocycles. The van der Waals surface area contributed by atoms with Gasteiger partial charge in [0.25, 0.3) is 0 Å². The van der Waals surface area contributed by atoms with Crippen LogP contribution >= 0.6 is 0 Å². The molecule has 3 heteroatoms. The van der Waals surface area contributed by atoms with Gasteiger partial charge in [0, 0.05) is 18.5 Å². The lowest BCUT2D eigenvalue weighted by Crippen LogP contribution is -2.38. The molecule has 3 nitrogen and oxygen atoms in total. The van der Waals surface area contributed by atoms with Crippen molar-refractivity contribution >= 4 is 5.91 Å². The fraction of sp³-hybridized carbons (Fsp3) is 0.917. The number of hydrogen-bond acceptors (Lipinski definition) is 2. The number of amides is 1. The van der Waals surface area contributed by atoms with Crippen LogP contribution in [0.5, 0.6) is 0 Å². The van der Waals surface area contributed by atoms with E-state index in [0.29, 0.717) is 17.9 Å². The van der Waals surface area contributed by atoms with E-state index in [0.717, 1.165) is 18.4 Å². The molecule has 1 amide bonds. The molecule has 0 bridgehead atoms. The maximum absolute atomic E-state index is 11.9. The van der Waals surface area contributed by atoms with Gasteiger partial charge in [0.2, 0.25) is 5.91 Å². The first kappa shape index (κ1) is 10.9. The fourth-order valence-corrected chi connectivity index (χ4v) is 2.85. The highest BCUT2D eigenvalue weighted by atomic mass is 16.2. The SMILES string of the molecule is CNC(C)CNC(=O)C1C2CCCCC21. The van der Waals surface area contributed by atoms with Crippen molar-refractivity contribution in [2.24, 2.45) is 17.8 Å². The van der Waals surface area contributed by atoms with Crippen molar-refractivity contribution in [1.82, 2.24) is 10.6 Å². The molecule has 3 unspecified atom stereocenters. The van der Waals surface area contributed by atoms with Crippen LogP contribution in [0.25, 0.3) is 0 Å². The van der Waals surface area contributed by atoms with Gasteiger partial charge in [-0.15, -0.1) is 0 Å². The normalized spacial score (nSPS) is 35.5. The van der Waals surface area contributed by atoms with E-state index in [4.69, 9.17) is 0 Å². The van der Waals surface area contributed by atoms with Gasteiger partial charge in [-0.2, -0.15) is 0 Å². The molecule has 0 spiro atoms. The summed E-state index contributed by atoms with van der Waals surface area (Å²) in [4.78, 5) is 11.9. The zero-order valence-corrected chi connectivity index (χ0v) is 9.75. The van der Waals surface area contributed by atoms with Crippen molar-refractivity contribution in [3.8, 4) is 0 Å². The predicted octanol–water partition coefficient (Wildman–Crippen LogP) is 1.15. The Kier molecular flexibility index (Phi) is 3.29. The molecule has 2 saturated carbocycles. The van der Waals surface area contributed by atoms with Gasteiger partial charge in [-0.25, -0.2) is 0 Å². The van der Waals surface area contributed by atoms with Crippen molar-refractivity contribution in [2.75, 3.05) is 13.6 Å². The minimum atomic E-state index is 0.300. The van der Waals surface area contributed by atoms with Crippen LogP contribution < -0.4 is 10.6 Å². The minimum absolute atomic E-state index is 0.300. The number of hydrogen-bond donors (Lipinski definition) is 2. The second kappa shape index (κ2) is 4.52. The van der Waals surface area contributed by atoms with E-state index in [9.17, 15) is 4.79 Å². The van der Waals surface area contributed by atoms with E-state index in [1.54, 1.807) is 0 Å². The molecule has 2 aliphatic carbocycles. The third-order valence-corrected chi connectivity index (χ3v) is 4.03. The standard InChI is InChI=1S/C12H22N2O/c1-8(13-2)7-14-12(15)11-9-5-3-4-6-10(9)11/h8-11,13H,3-7H2,1-2H3,(H,14,15). The molecule has 0 heterocycles. The summed E-state index contributed by atoms with van der Waals surface area (Å²) >= 11 is 0. The molecule has 0 saturated heterocycles. The van der Waals surface area contributed by atoms with E-state index >= 15 is 0 Å². The summed E-state index contributed by atoms with van der Waals surface area (Å²) in [5.41, 5.74) is 0. The molecule has 2 N–H and O–H groups in total. The van der Waals surface area contributed by atoms with Crippen molar-refractivity contribution in [3.63, 3.8) is 0 Å². The summed E-state index contributed by atoms with van der Waals surface area (Å²) in [6.07, 6.45) is 5.23. The Hall–Kier alpha value is -0.570. The second-order valence-electron chi connectivity index (χ2n) is 5.07. The summed E-state index contributed by atoms with van der Waals surface area (Å²) in [6.45, 7) is 2.84. The molecule has 0 aromatic heterocycles. The first-order valence-electron chi connectivity index (χ1n) is 6.19. The summed E-state index contributed by atoms with van der Waals surface area (Å²) in [6, 6.07) is 0.370. The first-order valence-corrected chi connectivity index (χ1v) is 6.19. The third kappa shape index (κ3) is 2.33. The maximum atomic E-state index is 11.9. The van der Waals surface area contributed by atoms with E-state index in [-0.39, 0.29) is 0 Å². The zero-order chi connectivity index (χ0) is 10.8. The predicted molar refractivity (Wildman–Crippen MR) is 60.5 cm³/mol. The topological polar surface area (TPSA) is 41.1 Å². The number of nitrogens with one attached hydrogen (secondary N) is 2. The number of fused-ring (bicyclic) bond motifs is 1. The van der Waals surface area contributed by atoms with Crippen LogP contribution in [0.1, 0.15) is 32.6 Å². The Morgan fingerprint density at radius 1 is 1.33 bits per heavy atom. The molecule has 0 aliphatic heterocycles. The number of likely N-dealkylation sites (N-methyl/N-ethyl adjacent to an activating group) is 1. The average molecular weight is 210 g/mol. The van der Waals surface area contributed by atoms with E-state index in [2.05, 4.69) is 17.6 Å². The number of carbonyl (C=O) groups excluding carboxylic acids is 1. The Labute approximate surface area is 92.0 Å². The monoisotopic (exact) mass is 210 g/mol. The maximum Gasteiger partial charge on any atom is 0.223 e. The van der Waals surface area contributed by atoms with E-state index in [1.807, 2.05) is 7.05 Å². The summed E-state index contributed by atoms with van der Waals surface area (Å²) in [5.74, 6) is 2.11. The molecule has 3 atom stereocenters. The summed E-state index contributed by atoms with van der Waals surface area (Å²) in [5, 5.41) is 6.18. The van der Waals surface area contributed by atoms with Crippen LogP contribution in [0.3, 0.4) is 0 Å².